The summed E-state index contributed by atoms with van der Waals surface area (Å²) in [6, 6.07) is 4.54. The Kier molecular flexibility index (Phi) is 5.93. The molecule has 0 saturated carbocycles. The van der Waals surface area contributed by atoms with Gasteiger partial charge in [-0.1, -0.05) is 0 Å². The molecule has 2 rings (SSSR count). The van der Waals surface area contributed by atoms with Crippen LogP contribution in [0.1, 0.15) is 16.2 Å². The van der Waals surface area contributed by atoms with Crippen LogP contribution in [0.25, 0.3) is 0 Å². The fraction of sp³-hybridized carbons (Fsp3) is 0.375. The van der Waals surface area contributed by atoms with E-state index in [9.17, 15) is 9.59 Å². The summed E-state index contributed by atoms with van der Waals surface area (Å²) in [5.74, 6) is 1.03. The minimum atomic E-state index is -0.365. The molecule has 0 fully saturated rings. The number of nitrogens with zero attached hydrogens (tertiary/aromatic N) is 4. The molecule has 0 aliphatic carbocycles. The molecular weight excluding hydrogens is 324 g/mol. The van der Waals surface area contributed by atoms with Crippen molar-refractivity contribution in [3.8, 4) is 5.75 Å². The van der Waals surface area contributed by atoms with Crippen molar-refractivity contribution in [1.29, 1.82) is 0 Å². The van der Waals surface area contributed by atoms with E-state index < -0.39 is 0 Å². The molecule has 9 heteroatoms. The summed E-state index contributed by atoms with van der Waals surface area (Å²) in [4.78, 5) is 25.7. The summed E-state index contributed by atoms with van der Waals surface area (Å²) >= 11 is 0. The lowest BCUT2D eigenvalue weighted by Crippen LogP contribution is -2.31. The van der Waals surface area contributed by atoms with Crippen LogP contribution in [0, 0.1) is 0 Å². The molecule has 1 heterocycles. The zero-order valence-electron chi connectivity index (χ0n) is 14.7. The Balaban J connectivity index is 1.97. The molecule has 2 N–H and O–H groups in total. The summed E-state index contributed by atoms with van der Waals surface area (Å²) in [7, 11) is 6.65. The molecule has 0 aliphatic heterocycles. The molecule has 0 aliphatic rings. The largest absolute Gasteiger partial charge is 0.496 e. The zero-order valence-corrected chi connectivity index (χ0v) is 14.7. The van der Waals surface area contributed by atoms with Crippen LogP contribution in [-0.4, -0.2) is 59.4 Å². The van der Waals surface area contributed by atoms with Crippen LogP contribution in [0.15, 0.2) is 24.5 Å². The fourth-order valence-electron chi connectivity index (χ4n) is 2.19. The number of ether oxygens (including phenoxy) is 1. The van der Waals surface area contributed by atoms with Gasteiger partial charge in [-0.05, 0) is 18.2 Å². The molecule has 0 saturated heterocycles. The van der Waals surface area contributed by atoms with Gasteiger partial charge in [0.2, 0.25) is 0 Å². The number of rotatable bonds is 6. The van der Waals surface area contributed by atoms with E-state index in [2.05, 4.69) is 20.8 Å². The number of aromatic nitrogens is 3. The number of urea groups is 1. The van der Waals surface area contributed by atoms with E-state index in [0.29, 0.717) is 30.0 Å². The SMILES string of the molecule is COc1ccc(NC(=O)NCCc2nncn2C)cc1C(=O)N(C)C. The van der Waals surface area contributed by atoms with Gasteiger partial charge in [-0.25, -0.2) is 4.79 Å². The second kappa shape index (κ2) is 8.13. The summed E-state index contributed by atoms with van der Waals surface area (Å²) in [6.07, 6.45) is 2.17. The average Bonchev–Trinajstić information content (AvgIpc) is 2.99. The lowest BCUT2D eigenvalue weighted by atomic mass is 10.1. The third-order valence-electron chi connectivity index (χ3n) is 3.53. The van der Waals surface area contributed by atoms with Gasteiger partial charge in [0.25, 0.3) is 5.91 Å². The van der Waals surface area contributed by atoms with E-state index in [1.165, 1.54) is 12.0 Å². The first-order valence-corrected chi connectivity index (χ1v) is 7.69. The number of methoxy groups -OCH3 is 1. The highest BCUT2D eigenvalue weighted by Crippen LogP contribution is 2.23. The molecule has 0 spiro atoms. The van der Waals surface area contributed by atoms with Crippen molar-refractivity contribution in [2.75, 3.05) is 33.1 Å². The minimum absolute atomic E-state index is 0.205. The second-order valence-electron chi connectivity index (χ2n) is 5.60. The van der Waals surface area contributed by atoms with Crippen molar-refractivity contribution in [2.45, 2.75) is 6.42 Å². The Morgan fingerprint density at radius 1 is 1.32 bits per heavy atom. The van der Waals surface area contributed by atoms with Crippen molar-refractivity contribution in [3.63, 3.8) is 0 Å². The third-order valence-corrected chi connectivity index (χ3v) is 3.53. The Bertz CT molecular complexity index is 756. The Morgan fingerprint density at radius 3 is 2.68 bits per heavy atom. The first kappa shape index (κ1) is 18.2. The standard InChI is InChI=1S/C16H22N6O3/c1-21(2)15(23)12-9-11(5-6-13(12)25-4)19-16(24)17-8-7-14-20-18-10-22(14)3/h5-6,9-10H,7-8H2,1-4H3,(H2,17,19,24). The molecular formula is C16H22N6O3. The predicted molar refractivity (Wildman–Crippen MR) is 92.7 cm³/mol. The number of aryl methyl sites for hydroxylation is 1. The van der Waals surface area contributed by atoms with Crippen LogP contribution in [0.3, 0.4) is 0 Å². The van der Waals surface area contributed by atoms with Crippen molar-refractivity contribution >= 4 is 17.6 Å². The number of amides is 3. The second-order valence-corrected chi connectivity index (χ2v) is 5.60. The molecule has 0 radical (unpaired) electrons. The predicted octanol–water partition coefficient (Wildman–Crippen LogP) is 0.890. The summed E-state index contributed by atoms with van der Waals surface area (Å²) in [6.45, 7) is 0.415. The van der Waals surface area contributed by atoms with Crippen molar-refractivity contribution in [1.82, 2.24) is 25.0 Å². The van der Waals surface area contributed by atoms with E-state index in [1.54, 1.807) is 43.2 Å². The molecule has 2 aromatic rings. The lowest BCUT2D eigenvalue weighted by molar-refractivity contribution is 0.0824. The van der Waals surface area contributed by atoms with Crippen LogP contribution < -0.4 is 15.4 Å². The van der Waals surface area contributed by atoms with E-state index >= 15 is 0 Å². The molecule has 3 amide bonds. The van der Waals surface area contributed by atoms with Gasteiger partial charge >= 0.3 is 6.03 Å². The van der Waals surface area contributed by atoms with E-state index in [4.69, 9.17) is 4.74 Å². The summed E-state index contributed by atoms with van der Waals surface area (Å²) < 4.78 is 7.00. The Hall–Kier alpha value is -3.10. The van der Waals surface area contributed by atoms with E-state index in [0.717, 1.165) is 5.82 Å². The van der Waals surface area contributed by atoms with Crippen molar-refractivity contribution in [2.24, 2.45) is 7.05 Å². The smallest absolute Gasteiger partial charge is 0.319 e. The van der Waals surface area contributed by atoms with Crippen LogP contribution >= 0.6 is 0 Å². The monoisotopic (exact) mass is 346 g/mol. The van der Waals surface area contributed by atoms with Gasteiger partial charge in [0.05, 0.1) is 12.7 Å². The van der Waals surface area contributed by atoms with Crippen LogP contribution in [0.2, 0.25) is 0 Å². The zero-order chi connectivity index (χ0) is 18.4. The molecule has 25 heavy (non-hydrogen) atoms. The number of benzene rings is 1. The molecule has 134 valence electrons. The average molecular weight is 346 g/mol. The molecule has 1 aromatic carbocycles. The topological polar surface area (TPSA) is 101 Å². The molecule has 0 bridgehead atoms. The van der Waals surface area contributed by atoms with Gasteiger partial charge in [0, 0.05) is 39.8 Å². The van der Waals surface area contributed by atoms with Gasteiger partial charge in [0.15, 0.2) is 0 Å². The van der Waals surface area contributed by atoms with Crippen LogP contribution in [0.4, 0.5) is 10.5 Å². The quantitative estimate of drug-likeness (QED) is 0.809. The fourth-order valence-corrected chi connectivity index (χ4v) is 2.19. The maximum absolute atomic E-state index is 12.2. The Morgan fingerprint density at radius 2 is 2.08 bits per heavy atom. The first-order chi connectivity index (χ1) is 11.9. The number of hydrogen-bond acceptors (Lipinski definition) is 5. The van der Waals surface area contributed by atoms with Crippen LogP contribution in [-0.2, 0) is 13.5 Å². The molecule has 0 atom stereocenters. The highest BCUT2D eigenvalue weighted by atomic mass is 16.5. The highest BCUT2D eigenvalue weighted by Gasteiger charge is 2.15. The molecule has 1 aromatic heterocycles. The Labute approximate surface area is 146 Å². The van der Waals surface area contributed by atoms with Gasteiger partial charge in [-0.3, -0.25) is 4.79 Å². The van der Waals surface area contributed by atoms with Gasteiger partial charge < -0.3 is 24.8 Å². The number of carbonyl (C=O) groups is 2. The molecule has 0 unspecified atom stereocenters. The summed E-state index contributed by atoms with van der Waals surface area (Å²) in [5.41, 5.74) is 0.881. The molecule has 9 nitrogen and oxygen atoms in total. The maximum Gasteiger partial charge on any atom is 0.319 e. The van der Waals surface area contributed by atoms with Gasteiger partial charge in [-0.2, -0.15) is 0 Å². The van der Waals surface area contributed by atoms with E-state index in [1.807, 2.05) is 7.05 Å². The third kappa shape index (κ3) is 4.69. The van der Waals surface area contributed by atoms with Crippen molar-refractivity contribution < 1.29 is 14.3 Å². The van der Waals surface area contributed by atoms with Gasteiger partial charge in [-0.15, -0.1) is 10.2 Å². The van der Waals surface area contributed by atoms with Crippen LogP contribution in [0.5, 0.6) is 5.75 Å². The highest BCUT2D eigenvalue weighted by molar-refractivity contribution is 5.99. The number of nitrogens with one attached hydrogen (secondary N) is 2. The lowest BCUT2D eigenvalue weighted by Gasteiger charge is -2.15. The van der Waals surface area contributed by atoms with E-state index in [-0.39, 0.29) is 11.9 Å². The number of hydrogen-bond donors (Lipinski definition) is 2. The number of anilines is 1. The maximum atomic E-state index is 12.2. The van der Waals surface area contributed by atoms with Crippen molar-refractivity contribution in [3.05, 3.63) is 35.9 Å². The number of carbonyl (C=O) groups excluding carboxylic acids is 2. The summed E-state index contributed by atoms with van der Waals surface area (Å²) in [5, 5.41) is 13.2. The normalized spacial score (nSPS) is 10.2. The van der Waals surface area contributed by atoms with Gasteiger partial charge in [0.1, 0.15) is 17.9 Å². The first-order valence-electron chi connectivity index (χ1n) is 7.69. The minimum Gasteiger partial charge on any atom is -0.496 e.